The van der Waals surface area contributed by atoms with Gasteiger partial charge in [0, 0.05) is 29.5 Å². The average Bonchev–Trinajstić information content (AvgIpc) is 2.24. The molecule has 0 aliphatic heterocycles. The molecule has 3 N–H and O–H groups in total. The zero-order chi connectivity index (χ0) is 12.1. The number of nitrogens with two attached hydrogens (primary N) is 1. The Morgan fingerprint density at radius 3 is 2.50 bits per heavy atom. The highest BCUT2D eigenvalue weighted by molar-refractivity contribution is 5.59. The lowest BCUT2D eigenvalue weighted by atomic mass is 10.0. The minimum atomic E-state index is 0.464. The molecule has 0 radical (unpaired) electrons. The summed E-state index contributed by atoms with van der Waals surface area (Å²) in [5.74, 6) is 1.39. The van der Waals surface area contributed by atoms with Crippen molar-refractivity contribution in [2.45, 2.75) is 33.2 Å². The first-order valence-electron chi connectivity index (χ1n) is 5.78. The van der Waals surface area contributed by atoms with Crippen molar-refractivity contribution in [1.29, 1.82) is 0 Å². The maximum Gasteiger partial charge on any atom is 0.122 e. The minimum Gasteiger partial charge on any atom is -0.497 e. The van der Waals surface area contributed by atoms with Crippen LogP contribution in [0.25, 0.3) is 0 Å². The fraction of sp³-hybridized carbons (Fsp3) is 0.538. The SMILES string of the molecule is CCC(Nc1cc(N)cc(OC)c1)C(C)C. The first kappa shape index (κ1) is 12.7. The second-order valence-corrected chi connectivity index (χ2v) is 4.40. The van der Waals surface area contributed by atoms with E-state index >= 15 is 0 Å². The van der Waals surface area contributed by atoms with Crippen molar-refractivity contribution in [3.05, 3.63) is 18.2 Å². The highest BCUT2D eigenvalue weighted by Gasteiger charge is 2.11. The van der Waals surface area contributed by atoms with E-state index in [9.17, 15) is 0 Å². The molecule has 0 spiro atoms. The van der Waals surface area contributed by atoms with Crippen molar-refractivity contribution in [2.24, 2.45) is 5.92 Å². The van der Waals surface area contributed by atoms with E-state index in [1.807, 2.05) is 18.2 Å². The number of nitrogens with one attached hydrogen (secondary N) is 1. The van der Waals surface area contributed by atoms with Crippen molar-refractivity contribution < 1.29 is 4.74 Å². The molecule has 0 heterocycles. The van der Waals surface area contributed by atoms with E-state index in [1.165, 1.54) is 0 Å². The van der Waals surface area contributed by atoms with Crippen LogP contribution in [-0.4, -0.2) is 13.2 Å². The Morgan fingerprint density at radius 2 is 2.00 bits per heavy atom. The monoisotopic (exact) mass is 222 g/mol. The normalized spacial score (nSPS) is 12.6. The number of ether oxygens (including phenoxy) is 1. The molecule has 1 aromatic carbocycles. The van der Waals surface area contributed by atoms with Gasteiger partial charge in [-0.05, 0) is 18.4 Å². The molecule has 3 heteroatoms. The van der Waals surface area contributed by atoms with Crippen molar-refractivity contribution in [1.82, 2.24) is 0 Å². The van der Waals surface area contributed by atoms with Crippen LogP contribution >= 0.6 is 0 Å². The quantitative estimate of drug-likeness (QED) is 0.752. The number of nitrogen functional groups attached to an aromatic ring is 1. The lowest BCUT2D eigenvalue weighted by molar-refractivity contribution is 0.415. The molecule has 3 nitrogen and oxygen atoms in total. The second-order valence-electron chi connectivity index (χ2n) is 4.40. The van der Waals surface area contributed by atoms with E-state index < -0.39 is 0 Å². The molecule has 0 aromatic heterocycles. The lowest BCUT2D eigenvalue weighted by Gasteiger charge is -2.22. The number of benzene rings is 1. The number of methoxy groups -OCH3 is 1. The van der Waals surface area contributed by atoms with Crippen LogP contribution in [-0.2, 0) is 0 Å². The second kappa shape index (κ2) is 5.64. The highest BCUT2D eigenvalue weighted by Crippen LogP contribution is 2.24. The van der Waals surface area contributed by atoms with Crippen LogP contribution in [0.15, 0.2) is 18.2 Å². The molecule has 0 fully saturated rings. The van der Waals surface area contributed by atoms with Crippen molar-refractivity contribution >= 4 is 11.4 Å². The zero-order valence-corrected chi connectivity index (χ0v) is 10.6. The molecule has 1 atom stereocenters. The van der Waals surface area contributed by atoms with Crippen LogP contribution in [0.5, 0.6) is 5.75 Å². The average molecular weight is 222 g/mol. The molecule has 0 saturated heterocycles. The fourth-order valence-electron chi connectivity index (χ4n) is 1.78. The predicted molar refractivity (Wildman–Crippen MR) is 69.9 cm³/mol. The number of anilines is 2. The van der Waals surface area contributed by atoms with Gasteiger partial charge in [-0.3, -0.25) is 0 Å². The van der Waals surface area contributed by atoms with E-state index in [2.05, 4.69) is 26.1 Å². The molecule has 1 aromatic rings. The van der Waals surface area contributed by atoms with Crippen LogP contribution in [0.3, 0.4) is 0 Å². The predicted octanol–water partition coefficient (Wildman–Crippen LogP) is 3.12. The van der Waals surface area contributed by atoms with Crippen LogP contribution < -0.4 is 15.8 Å². The highest BCUT2D eigenvalue weighted by atomic mass is 16.5. The van der Waals surface area contributed by atoms with E-state index in [4.69, 9.17) is 10.5 Å². The molecular formula is C13H22N2O. The summed E-state index contributed by atoms with van der Waals surface area (Å²) in [5, 5.41) is 3.48. The summed E-state index contributed by atoms with van der Waals surface area (Å²) in [6.07, 6.45) is 1.09. The van der Waals surface area contributed by atoms with Crippen LogP contribution in [0, 0.1) is 5.92 Å². The first-order valence-corrected chi connectivity index (χ1v) is 5.78. The number of hydrogen-bond donors (Lipinski definition) is 2. The van der Waals surface area contributed by atoms with E-state index in [-0.39, 0.29) is 0 Å². The largest absolute Gasteiger partial charge is 0.497 e. The van der Waals surface area contributed by atoms with Gasteiger partial charge in [0.2, 0.25) is 0 Å². The van der Waals surface area contributed by atoms with Gasteiger partial charge >= 0.3 is 0 Å². The van der Waals surface area contributed by atoms with E-state index in [0.717, 1.165) is 23.5 Å². The first-order chi connectivity index (χ1) is 7.56. The van der Waals surface area contributed by atoms with Gasteiger partial charge in [-0.15, -0.1) is 0 Å². The van der Waals surface area contributed by atoms with Gasteiger partial charge < -0.3 is 15.8 Å². The zero-order valence-electron chi connectivity index (χ0n) is 10.6. The van der Waals surface area contributed by atoms with Gasteiger partial charge in [-0.25, -0.2) is 0 Å². The van der Waals surface area contributed by atoms with Gasteiger partial charge in [0.05, 0.1) is 7.11 Å². The minimum absolute atomic E-state index is 0.464. The molecule has 90 valence electrons. The van der Waals surface area contributed by atoms with E-state index in [1.54, 1.807) is 7.11 Å². The van der Waals surface area contributed by atoms with Gasteiger partial charge in [-0.2, -0.15) is 0 Å². The Labute approximate surface area is 98.0 Å². The van der Waals surface area contributed by atoms with Gasteiger partial charge in [0.15, 0.2) is 0 Å². The molecule has 0 aliphatic rings. The third-order valence-electron chi connectivity index (χ3n) is 2.76. The van der Waals surface area contributed by atoms with Crippen molar-refractivity contribution in [2.75, 3.05) is 18.2 Å². The van der Waals surface area contributed by atoms with Crippen LogP contribution in [0.4, 0.5) is 11.4 Å². The third kappa shape index (κ3) is 3.33. The summed E-state index contributed by atoms with van der Waals surface area (Å²) in [6, 6.07) is 6.20. The van der Waals surface area contributed by atoms with Gasteiger partial charge in [0.1, 0.15) is 5.75 Å². The Balaban J connectivity index is 2.83. The lowest BCUT2D eigenvalue weighted by Crippen LogP contribution is -2.24. The summed E-state index contributed by atoms with van der Waals surface area (Å²) >= 11 is 0. The molecule has 1 unspecified atom stereocenters. The van der Waals surface area contributed by atoms with Crippen molar-refractivity contribution in [3.63, 3.8) is 0 Å². The molecule has 0 bridgehead atoms. The Kier molecular flexibility index (Phi) is 4.47. The Morgan fingerprint density at radius 1 is 1.31 bits per heavy atom. The number of hydrogen-bond acceptors (Lipinski definition) is 3. The van der Waals surface area contributed by atoms with Crippen LogP contribution in [0.2, 0.25) is 0 Å². The summed E-state index contributed by atoms with van der Waals surface area (Å²) in [6.45, 7) is 6.61. The molecule has 0 saturated carbocycles. The van der Waals surface area contributed by atoms with Crippen molar-refractivity contribution in [3.8, 4) is 5.75 Å². The Bertz CT molecular complexity index is 337. The topological polar surface area (TPSA) is 47.3 Å². The van der Waals surface area contributed by atoms with Gasteiger partial charge in [0.25, 0.3) is 0 Å². The smallest absolute Gasteiger partial charge is 0.122 e. The third-order valence-corrected chi connectivity index (χ3v) is 2.76. The maximum absolute atomic E-state index is 5.81. The molecule has 1 rings (SSSR count). The molecule has 0 aliphatic carbocycles. The summed E-state index contributed by atoms with van der Waals surface area (Å²) < 4.78 is 5.19. The summed E-state index contributed by atoms with van der Waals surface area (Å²) in [7, 11) is 1.65. The Hall–Kier alpha value is -1.38. The standard InChI is InChI=1S/C13H22N2O/c1-5-13(9(2)3)15-11-6-10(14)7-12(8-11)16-4/h6-9,13,15H,5,14H2,1-4H3. The molecule has 16 heavy (non-hydrogen) atoms. The van der Waals surface area contributed by atoms with Crippen LogP contribution in [0.1, 0.15) is 27.2 Å². The molecule has 0 amide bonds. The fourth-order valence-corrected chi connectivity index (χ4v) is 1.78. The summed E-state index contributed by atoms with van der Waals surface area (Å²) in [4.78, 5) is 0. The van der Waals surface area contributed by atoms with Gasteiger partial charge in [-0.1, -0.05) is 20.8 Å². The number of rotatable bonds is 5. The summed E-state index contributed by atoms with van der Waals surface area (Å²) in [5.41, 5.74) is 7.56. The maximum atomic E-state index is 5.81. The van der Waals surface area contributed by atoms with E-state index in [0.29, 0.717) is 12.0 Å². The molecular weight excluding hydrogens is 200 g/mol.